The Morgan fingerprint density at radius 1 is 0.670 bits per heavy atom. The Hall–Kier alpha value is -10.3. The second kappa shape index (κ2) is 46.8. The summed E-state index contributed by atoms with van der Waals surface area (Å²) in [4.78, 5) is 76.5. The standard InChI is InChI=1S/C19H26N4O3.C14H18N4O.C8H15N3O2.C7H13N3O2.C7H9N.C5H8.C3H5N3O2/c1-13(2)17-12-23(22-21-17)11-16(24)10-14-6-8-15(9-7-14)20-18(25)26-19(3,4)5;1-10(2)14-9-18(17-16-14)8-13(19)7-11-3-5-12(15)6-4-11;1-6(2)7(11-9)4-10-5-8(12)13-3;1-5(2)6(10-8)3-9-4-7(11)12;1-6-2-4-7(8)5-3-6;1-4-5(2)3;1-8-3(7)2-5-6-4/h6-9,12-13H,10-11H2,1-5H3,(H,20,25);3-6,9-10H,7-8,15H2,1-2H3;4,6H,5,9H2,1-3H3;3,5H,4,8H2,1-2H3,(H,11,12);2-5H,8H2,1H3;1,5H,2-3H3;2H2,1H3. The fourth-order valence-corrected chi connectivity index (χ4v) is 5.88. The maximum absolute atomic E-state index is 12.2. The van der Waals surface area contributed by atoms with E-state index in [0.717, 1.165) is 28.2 Å². The van der Waals surface area contributed by atoms with E-state index in [1.807, 2.05) is 131 Å². The van der Waals surface area contributed by atoms with Crippen LogP contribution in [0.2, 0.25) is 0 Å². The van der Waals surface area contributed by atoms with Crippen LogP contribution in [0.3, 0.4) is 0 Å². The van der Waals surface area contributed by atoms with Crippen LogP contribution in [0.15, 0.2) is 110 Å². The van der Waals surface area contributed by atoms with Gasteiger partial charge in [0.2, 0.25) is 0 Å². The number of terminal acetylenes is 1. The molecule has 28 heteroatoms. The van der Waals surface area contributed by atoms with E-state index in [2.05, 4.69) is 71.5 Å². The molecule has 0 fully saturated rings. The number of hydrogen-bond acceptors (Lipinski definition) is 22. The molecule has 0 atom stereocenters. The smallest absolute Gasteiger partial charge is 0.412 e. The zero-order chi connectivity index (χ0) is 69.6. The summed E-state index contributed by atoms with van der Waals surface area (Å²) in [6.45, 7) is 27.2. The number of benzene rings is 3. The molecule has 0 aliphatic heterocycles. The third-order valence-electron chi connectivity index (χ3n) is 10.9. The molecule has 10 N–H and O–H groups in total. The van der Waals surface area contributed by atoms with Crippen LogP contribution < -0.4 is 28.5 Å². The first kappa shape index (κ1) is 82.8. The molecule has 1 amide bonds. The molecule has 3 aromatic carbocycles. The summed E-state index contributed by atoms with van der Waals surface area (Å²) < 4.78 is 16.9. The number of azide groups is 1. The highest BCUT2D eigenvalue weighted by molar-refractivity contribution is 6.31. The molecular weight excluding hydrogens is 1170 g/mol. The van der Waals surface area contributed by atoms with Crippen molar-refractivity contribution in [2.24, 2.45) is 54.7 Å². The van der Waals surface area contributed by atoms with Crippen LogP contribution in [0, 0.1) is 37.0 Å². The SMILES string of the molecule is C#CC(C)C.CC(C)C(C=NCC(=O)O)=NN.CC(C)c1cn(CC(=O)Cc2ccc(N)cc2)nn1.CC(C)c1cn(CC(=O)Cc2ccc(NC(=O)OC(C)(C)C)cc2)nn1.COC(=O)CN=CC(=NN)C(C)C.COC(=O)CN=[N+]=[N-].Cc1ccc(N)cc1. The maximum Gasteiger partial charge on any atom is 0.412 e. The summed E-state index contributed by atoms with van der Waals surface area (Å²) in [7, 11) is 2.55. The summed E-state index contributed by atoms with van der Waals surface area (Å²) >= 11 is 0. The minimum absolute atomic E-state index is 0.00222. The van der Waals surface area contributed by atoms with Gasteiger partial charge in [0.05, 0.1) is 37.0 Å². The van der Waals surface area contributed by atoms with Crippen LogP contribution in [0.25, 0.3) is 10.4 Å². The van der Waals surface area contributed by atoms with Crippen LogP contribution >= 0.6 is 0 Å². The predicted octanol–water partition coefficient (Wildman–Crippen LogP) is 8.99. The van der Waals surface area contributed by atoms with Crippen molar-refractivity contribution in [1.82, 2.24) is 30.0 Å². The Bertz CT molecular complexity index is 3140. The van der Waals surface area contributed by atoms with E-state index >= 15 is 0 Å². The Morgan fingerprint density at radius 3 is 1.37 bits per heavy atom. The number of carbonyl (C=O) groups is 6. The van der Waals surface area contributed by atoms with Crippen molar-refractivity contribution in [3.8, 4) is 12.3 Å². The molecule has 5 rings (SSSR count). The van der Waals surface area contributed by atoms with Gasteiger partial charge < -0.3 is 42.5 Å². The van der Waals surface area contributed by atoms with Crippen LogP contribution in [0.5, 0.6) is 0 Å². The van der Waals surface area contributed by atoms with E-state index in [0.29, 0.717) is 47.5 Å². The van der Waals surface area contributed by atoms with Crippen molar-refractivity contribution in [3.05, 3.63) is 124 Å². The number of nitrogens with zero attached hydrogens (tertiary/aromatic N) is 13. The van der Waals surface area contributed by atoms with Gasteiger partial charge in [0, 0.05) is 65.6 Å². The number of aryl methyl sites for hydroxylation is 1. The van der Waals surface area contributed by atoms with Gasteiger partial charge in [0.15, 0.2) is 11.6 Å². The van der Waals surface area contributed by atoms with Crippen LogP contribution in [-0.4, -0.2) is 134 Å². The van der Waals surface area contributed by atoms with Crippen molar-refractivity contribution in [3.63, 3.8) is 0 Å². The van der Waals surface area contributed by atoms with Gasteiger partial charge in [0.25, 0.3) is 0 Å². The molecule has 0 spiro atoms. The summed E-state index contributed by atoms with van der Waals surface area (Å²) in [6.07, 6.45) is 11.6. The van der Waals surface area contributed by atoms with Gasteiger partial charge in [-0.1, -0.05) is 127 Å². The number of carbonyl (C=O) groups excluding carboxylic acids is 5. The summed E-state index contributed by atoms with van der Waals surface area (Å²) in [5.74, 6) is 12.3. The van der Waals surface area contributed by atoms with Crippen LogP contribution in [-0.2, 0) is 64.1 Å². The summed E-state index contributed by atoms with van der Waals surface area (Å²) in [5.41, 5.74) is 26.4. The fraction of sp³-hybridized carbons (Fsp3) is 0.460. The number of aliphatic carboxylic acids is 1. The number of nitrogens with two attached hydrogens (primary N) is 4. The van der Waals surface area contributed by atoms with Crippen molar-refractivity contribution < 1.29 is 48.1 Å². The van der Waals surface area contributed by atoms with Gasteiger partial charge in [-0.3, -0.25) is 39.3 Å². The number of nitrogens with one attached hydrogen (secondary N) is 1. The number of aliphatic imine (C=N–C) groups is 2. The van der Waals surface area contributed by atoms with E-state index in [9.17, 15) is 28.8 Å². The highest BCUT2D eigenvalue weighted by Gasteiger charge is 2.17. The number of ether oxygens (including phenoxy) is 3. The van der Waals surface area contributed by atoms with E-state index in [1.54, 1.807) is 60.6 Å². The molecule has 496 valence electrons. The number of anilines is 3. The first-order chi connectivity index (χ1) is 42.7. The number of esters is 2. The second-order valence-corrected chi connectivity index (χ2v) is 22.0. The van der Waals surface area contributed by atoms with E-state index < -0.39 is 23.6 Å². The van der Waals surface area contributed by atoms with Crippen LogP contribution in [0.1, 0.15) is 130 Å². The lowest BCUT2D eigenvalue weighted by atomic mass is 10.1. The van der Waals surface area contributed by atoms with Gasteiger partial charge >= 0.3 is 24.0 Å². The molecule has 0 radical (unpaired) electrons. The number of ketones is 2. The molecule has 91 heavy (non-hydrogen) atoms. The minimum atomic E-state index is -0.966. The average molecular weight is 1260 g/mol. The number of carboxylic acid groups (broad SMARTS) is 1. The molecule has 2 aromatic heterocycles. The number of hydrogen-bond donors (Lipinski definition) is 6. The first-order valence-corrected chi connectivity index (χ1v) is 28.7. The number of Topliss-reactive ketones (excluding diaryl/α,β-unsaturated/α-hetero) is 2. The number of methoxy groups -OCH3 is 2. The summed E-state index contributed by atoms with van der Waals surface area (Å²) in [5, 5.41) is 36.9. The molecule has 0 saturated heterocycles. The van der Waals surface area contributed by atoms with Crippen molar-refractivity contribution >= 4 is 76.5 Å². The van der Waals surface area contributed by atoms with Crippen molar-refractivity contribution in [2.75, 3.05) is 50.6 Å². The Morgan fingerprint density at radius 2 is 1.05 bits per heavy atom. The van der Waals surface area contributed by atoms with Gasteiger partial charge in [-0.2, -0.15) is 10.2 Å². The first-order valence-electron chi connectivity index (χ1n) is 28.7. The van der Waals surface area contributed by atoms with Gasteiger partial charge in [-0.25, -0.2) is 14.2 Å². The molecule has 0 unspecified atom stereocenters. The van der Waals surface area contributed by atoms with E-state index in [1.165, 1.54) is 32.2 Å². The molecule has 0 saturated carbocycles. The lowest BCUT2D eigenvalue weighted by Crippen LogP contribution is -2.27. The van der Waals surface area contributed by atoms with Gasteiger partial charge in [0.1, 0.15) is 38.3 Å². The lowest BCUT2D eigenvalue weighted by Gasteiger charge is -2.19. The van der Waals surface area contributed by atoms with E-state index in [4.69, 9.17) is 45.0 Å². The third kappa shape index (κ3) is 43.9. The number of aromatic nitrogens is 6. The number of nitrogen functional groups attached to an aromatic ring is 2. The molecule has 0 bridgehead atoms. The highest BCUT2D eigenvalue weighted by atomic mass is 16.6. The number of amides is 1. The summed E-state index contributed by atoms with van der Waals surface area (Å²) in [6, 6.07) is 22.2. The second-order valence-electron chi connectivity index (χ2n) is 22.0. The third-order valence-corrected chi connectivity index (χ3v) is 10.9. The zero-order valence-electron chi connectivity index (χ0n) is 55.4. The normalized spacial score (nSPS) is 10.9. The Kier molecular flexibility index (Phi) is 42.6. The molecule has 28 nitrogen and oxygen atoms in total. The molecule has 0 aliphatic rings. The monoisotopic (exact) mass is 1260 g/mol. The number of rotatable bonds is 21. The number of carboxylic acids is 1. The molecule has 5 aromatic rings. The molecular formula is C63H94N18O10. The molecule has 2 heterocycles. The van der Waals surface area contributed by atoms with Gasteiger partial charge in [-0.15, -0.1) is 22.5 Å². The maximum atomic E-state index is 12.2. The van der Waals surface area contributed by atoms with Gasteiger partial charge in [-0.05, 0) is 104 Å². The zero-order valence-corrected chi connectivity index (χ0v) is 55.4. The molecule has 0 aliphatic carbocycles. The Labute approximate surface area is 534 Å². The van der Waals surface area contributed by atoms with Crippen LogP contribution in [0.4, 0.5) is 21.9 Å². The Balaban J connectivity index is 0. The minimum Gasteiger partial charge on any atom is -0.480 e. The largest absolute Gasteiger partial charge is 0.480 e. The van der Waals surface area contributed by atoms with Crippen molar-refractivity contribution in [2.45, 2.75) is 140 Å². The fourth-order valence-electron chi connectivity index (χ4n) is 5.88. The van der Waals surface area contributed by atoms with Crippen molar-refractivity contribution in [1.29, 1.82) is 0 Å². The topological polar surface area (TPSA) is 426 Å². The highest BCUT2D eigenvalue weighted by Crippen LogP contribution is 2.15. The predicted molar refractivity (Wildman–Crippen MR) is 357 cm³/mol. The lowest BCUT2D eigenvalue weighted by molar-refractivity contribution is -0.139. The average Bonchev–Trinajstić information content (AvgIpc) is 2.50. The quantitative estimate of drug-likeness (QED) is 0.00381. The van der Waals surface area contributed by atoms with E-state index in [-0.39, 0.29) is 68.0 Å². The number of hydrazone groups is 2.